The Morgan fingerprint density at radius 3 is 2.73 bits per heavy atom. The molecule has 2 aliphatic rings. The van der Waals surface area contributed by atoms with E-state index >= 15 is 0 Å². The fourth-order valence-electron chi connectivity index (χ4n) is 3.95. The summed E-state index contributed by atoms with van der Waals surface area (Å²) in [6.45, 7) is 8.89. The van der Waals surface area contributed by atoms with Crippen molar-refractivity contribution in [3.8, 4) is 0 Å². The molecule has 0 saturated carbocycles. The van der Waals surface area contributed by atoms with Crippen molar-refractivity contribution >= 4 is 5.91 Å². The number of nitrogens with zero attached hydrogens (tertiary/aromatic N) is 3. The fourth-order valence-corrected chi connectivity index (χ4v) is 3.95. The van der Waals surface area contributed by atoms with E-state index in [9.17, 15) is 4.79 Å². The van der Waals surface area contributed by atoms with Crippen molar-refractivity contribution in [3.05, 3.63) is 17.0 Å². The number of aliphatic hydroxyl groups is 1. The molecule has 3 rings (SSSR count). The van der Waals surface area contributed by atoms with Crippen LogP contribution in [0.15, 0.2) is 0 Å². The van der Waals surface area contributed by atoms with Gasteiger partial charge in [-0.2, -0.15) is 5.10 Å². The van der Waals surface area contributed by atoms with E-state index in [-0.39, 0.29) is 30.8 Å². The van der Waals surface area contributed by atoms with Crippen molar-refractivity contribution in [2.75, 3.05) is 26.3 Å². The van der Waals surface area contributed by atoms with Crippen LogP contribution in [0.2, 0.25) is 0 Å². The van der Waals surface area contributed by atoms with Crippen LogP contribution in [0.3, 0.4) is 0 Å². The lowest BCUT2D eigenvalue weighted by Crippen LogP contribution is -2.42. The number of aliphatic hydroxyl groups excluding tert-OH is 1. The van der Waals surface area contributed by atoms with Gasteiger partial charge < -0.3 is 19.5 Å². The lowest BCUT2D eigenvalue weighted by atomic mass is 9.98. The predicted octanol–water partition coefficient (Wildman–Crippen LogP) is 1.93. The van der Waals surface area contributed by atoms with Gasteiger partial charge in [-0.1, -0.05) is 0 Å². The minimum atomic E-state index is -0.0706. The quantitative estimate of drug-likeness (QED) is 0.780. The summed E-state index contributed by atoms with van der Waals surface area (Å²) in [4.78, 5) is 15.2. The molecular formula is C19H31N3O4. The Bertz CT molecular complexity index is 623. The zero-order chi connectivity index (χ0) is 18.7. The van der Waals surface area contributed by atoms with Gasteiger partial charge in [0, 0.05) is 44.8 Å². The van der Waals surface area contributed by atoms with E-state index in [4.69, 9.17) is 14.6 Å². The maximum Gasteiger partial charge on any atom is 0.272 e. The van der Waals surface area contributed by atoms with Crippen LogP contribution in [-0.4, -0.2) is 64.2 Å². The van der Waals surface area contributed by atoms with Gasteiger partial charge in [0.1, 0.15) is 5.69 Å². The molecule has 0 spiro atoms. The largest absolute Gasteiger partial charge is 0.396 e. The van der Waals surface area contributed by atoms with Gasteiger partial charge in [0.15, 0.2) is 0 Å². The van der Waals surface area contributed by atoms with Crippen molar-refractivity contribution in [2.45, 2.75) is 71.3 Å². The van der Waals surface area contributed by atoms with Gasteiger partial charge in [-0.05, 0) is 40.0 Å². The number of hydrogen-bond donors (Lipinski definition) is 1. The maximum atomic E-state index is 13.2. The SMILES string of the molecule is CCn1nc2c(c1C(=O)N1CCC(OCCCO)CC1)C[C@H](C)O[C@@H]2C. The molecule has 1 N–H and O–H groups in total. The summed E-state index contributed by atoms with van der Waals surface area (Å²) < 4.78 is 13.5. The average Bonchev–Trinajstić information content (AvgIpc) is 3.00. The molecular weight excluding hydrogens is 334 g/mol. The Labute approximate surface area is 155 Å². The van der Waals surface area contributed by atoms with E-state index < -0.39 is 0 Å². The summed E-state index contributed by atoms with van der Waals surface area (Å²) in [5, 5.41) is 13.5. The van der Waals surface area contributed by atoms with Gasteiger partial charge in [0.25, 0.3) is 5.91 Å². The fraction of sp³-hybridized carbons (Fsp3) is 0.789. The molecule has 7 heteroatoms. The number of piperidine rings is 1. The van der Waals surface area contributed by atoms with E-state index in [0.29, 0.717) is 32.7 Å². The maximum absolute atomic E-state index is 13.2. The molecule has 1 aromatic heterocycles. The predicted molar refractivity (Wildman–Crippen MR) is 97.1 cm³/mol. The summed E-state index contributed by atoms with van der Waals surface area (Å²) in [6.07, 6.45) is 3.30. The first-order valence-corrected chi connectivity index (χ1v) is 9.81. The van der Waals surface area contributed by atoms with Gasteiger partial charge in [-0.15, -0.1) is 0 Å². The highest BCUT2D eigenvalue weighted by molar-refractivity contribution is 5.94. The Kier molecular flexibility index (Phi) is 6.32. The van der Waals surface area contributed by atoms with Crippen LogP contribution in [0.4, 0.5) is 0 Å². The van der Waals surface area contributed by atoms with Crippen molar-refractivity contribution in [1.29, 1.82) is 0 Å². The Balaban J connectivity index is 1.71. The van der Waals surface area contributed by atoms with Gasteiger partial charge in [-0.25, -0.2) is 0 Å². The molecule has 1 aromatic rings. The number of aryl methyl sites for hydroxylation is 1. The monoisotopic (exact) mass is 365 g/mol. The smallest absolute Gasteiger partial charge is 0.272 e. The lowest BCUT2D eigenvalue weighted by molar-refractivity contribution is -0.00729. The first-order chi connectivity index (χ1) is 12.5. The number of ether oxygens (including phenoxy) is 2. The lowest BCUT2D eigenvalue weighted by Gasteiger charge is -2.32. The number of rotatable bonds is 6. The van der Waals surface area contributed by atoms with E-state index in [0.717, 1.165) is 36.2 Å². The molecule has 2 aliphatic heterocycles. The van der Waals surface area contributed by atoms with Crippen LogP contribution < -0.4 is 0 Å². The number of likely N-dealkylation sites (tertiary alicyclic amines) is 1. The van der Waals surface area contributed by atoms with Crippen LogP contribution in [0.1, 0.15) is 67.9 Å². The third-order valence-corrected chi connectivity index (χ3v) is 5.28. The summed E-state index contributed by atoms with van der Waals surface area (Å²) in [7, 11) is 0. The molecule has 7 nitrogen and oxygen atoms in total. The molecule has 3 heterocycles. The number of carbonyl (C=O) groups excluding carboxylic acids is 1. The Morgan fingerprint density at radius 1 is 1.35 bits per heavy atom. The summed E-state index contributed by atoms with van der Waals surface area (Å²) in [5.41, 5.74) is 2.71. The molecule has 26 heavy (non-hydrogen) atoms. The van der Waals surface area contributed by atoms with E-state index in [1.165, 1.54) is 0 Å². The molecule has 0 radical (unpaired) electrons. The first-order valence-electron chi connectivity index (χ1n) is 9.81. The van der Waals surface area contributed by atoms with Crippen LogP contribution in [0.25, 0.3) is 0 Å². The summed E-state index contributed by atoms with van der Waals surface area (Å²) in [5.74, 6) is 0.0794. The number of amides is 1. The highest BCUT2D eigenvalue weighted by Crippen LogP contribution is 2.32. The van der Waals surface area contributed by atoms with Crippen LogP contribution in [0, 0.1) is 0 Å². The minimum Gasteiger partial charge on any atom is -0.396 e. The normalized spacial score (nSPS) is 23.9. The van der Waals surface area contributed by atoms with Gasteiger partial charge in [0.2, 0.25) is 0 Å². The average molecular weight is 365 g/mol. The van der Waals surface area contributed by atoms with Crippen molar-refractivity contribution in [2.24, 2.45) is 0 Å². The molecule has 0 bridgehead atoms. The molecule has 1 saturated heterocycles. The molecule has 1 amide bonds. The second-order valence-corrected chi connectivity index (χ2v) is 7.26. The van der Waals surface area contributed by atoms with Gasteiger partial charge in [-0.3, -0.25) is 9.48 Å². The van der Waals surface area contributed by atoms with E-state index in [2.05, 4.69) is 5.10 Å². The summed E-state index contributed by atoms with van der Waals surface area (Å²) >= 11 is 0. The van der Waals surface area contributed by atoms with Crippen molar-refractivity contribution in [1.82, 2.24) is 14.7 Å². The van der Waals surface area contributed by atoms with Gasteiger partial charge in [0.05, 0.1) is 24.0 Å². The molecule has 2 atom stereocenters. The highest BCUT2D eigenvalue weighted by Gasteiger charge is 2.34. The van der Waals surface area contributed by atoms with Crippen LogP contribution in [-0.2, 0) is 22.4 Å². The summed E-state index contributed by atoms with van der Waals surface area (Å²) in [6, 6.07) is 0. The first kappa shape index (κ1) is 19.3. The number of hydrogen-bond acceptors (Lipinski definition) is 5. The zero-order valence-corrected chi connectivity index (χ0v) is 16.1. The topological polar surface area (TPSA) is 76.8 Å². The number of fused-ring (bicyclic) bond motifs is 1. The van der Waals surface area contributed by atoms with E-state index in [1.807, 2.05) is 30.4 Å². The second kappa shape index (κ2) is 8.50. The number of carbonyl (C=O) groups is 1. The second-order valence-electron chi connectivity index (χ2n) is 7.26. The van der Waals surface area contributed by atoms with Crippen LogP contribution in [0.5, 0.6) is 0 Å². The minimum absolute atomic E-state index is 0.0706. The molecule has 0 aromatic carbocycles. The van der Waals surface area contributed by atoms with Crippen LogP contribution >= 0.6 is 0 Å². The Hall–Kier alpha value is -1.44. The van der Waals surface area contributed by atoms with E-state index in [1.54, 1.807) is 0 Å². The third kappa shape index (κ3) is 3.94. The molecule has 0 aliphatic carbocycles. The standard InChI is InChI=1S/C19H31N3O4/c1-4-22-18(16-12-13(2)26-14(3)17(16)20-22)19(24)21-8-6-15(7-9-21)25-11-5-10-23/h13-15,23H,4-12H2,1-3H3/t13-,14+/m0/s1. The van der Waals surface area contributed by atoms with Crippen molar-refractivity contribution < 1.29 is 19.4 Å². The third-order valence-electron chi connectivity index (χ3n) is 5.28. The Morgan fingerprint density at radius 2 is 2.08 bits per heavy atom. The van der Waals surface area contributed by atoms with Gasteiger partial charge >= 0.3 is 0 Å². The molecule has 0 unspecified atom stereocenters. The number of aromatic nitrogens is 2. The molecule has 1 fully saturated rings. The highest BCUT2D eigenvalue weighted by atomic mass is 16.5. The zero-order valence-electron chi connectivity index (χ0n) is 16.1. The molecule has 146 valence electrons. The van der Waals surface area contributed by atoms with Crippen molar-refractivity contribution in [3.63, 3.8) is 0 Å².